The van der Waals surface area contributed by atoms with Gasteiger partial charge in [0.2, 0.25) is 0 Å². The average molecular weight is 348 g/mol. The molecule has 1 fully saturated rings. The van der Waals surface area contributed by atoms with E-state index in [1.807, 2.05) is 23.0 Å². The van der Waals surface area contributed by atoms with Gasteiger partial charge in [-0.1, -0.05) is 81.7 Å². The molecule has 4 rings (SSSR count). The van der Waals surface area contributed by atoms with Gasteiger partial charge in [-0.05, 0) is 24.8 Å². The molecule has 2 heterocycles. The summed E-state index contributed by atoms with van der Waals surface area (Å²) in [7, 11) is 0. The molecular formula is C23H29N3. The van der Waals surface area contributed by atoms with Crippen LogP contribution in [0.2, 0.25) is 0 Å². The molecule has 2 aromatic heterocycles. The Kier molecular flexibility index (Phi) is 5.63. The fraction of sp³-hybridized carbons (Fsp3) is 0.478. The maximum absolute atomic E-state index is 4.92. The molecule has 0 N–H and O–H groups in total. The van der Waals surface area contributed by atoms with Gasteiger partial charge in [0.25, 0.3) is 0 Å². The van der Waals surface area contributed by atoms with Gasteiger partial charge < -0.3 is 0 Å². The molecule has 1 aromatic carbocycles. The predicted molar refractivity (Wildman–Crippen MR) is 107 cm³/mol. The number of aryl methyl sites for hydroxylation is 1. The van der Waals surface area contributed by atoms with Gasteiger partial charge in [0.1, 0.15) is 0 Å². The number of hydrogen-bond donors (Lipinski definition) is 0. The van der Waals surface area contributed by atoms with Crippen LogP contribution < -0.4 is 0 Å². The SMILES string of the molecule is c1ccc(-c2ccn3ncc(CCC4CCCCCCCC4)c3n2)cc1. The quantitative estimate of drug-likeness (QED) is 0.572. The van der Waals surface area contributed by atoms with Crippen LogP contribution in [0.25, 0.3) is 16.9 Å². The highest BCUT2D eigenvalue weighted by Gasteiger charge is 2.13. The summed E-state index contributed by atoms with van der Waals surface area (Å²) in [4.78, 5) is 4.92. The first-order valence-corrected chi connectivity index (χ1v) is 10.3. The third-order valence-corrected chi connectivity index (χ3v) is 5.81. The van der Waals surface area contributed by atoms with Crippen LogP contribution in [0.15, 0.2) is 48.8 Å². The molecule has 1 saturated carbocycles. The van der Waals surface area contributed by atoms with Gasteiger partial charge in [0.15, 0.2) is 5.65 Å². The van der Waals surface area contributed by atoms with E-state index in [0.29, 0.717) is 0 Å². The zero-order valence-corrected chi connectivity index (χ0v) is 15.6. The molecule has 0 atom stereocenters. The second-order valence-corrected chi connectivity index (χ2v) is 7.72. The molecule has 0 bridgehead atoms. The Morgan fingerprint density at radius 2 is 1.62 bits per heavy atom. The summed E-state index contributed by atoms with van der Waals surface area (Å²) >= 11 is 0. The maximum Gasteiger partial charge on any atom is 0.158 e. The zero-order valence-electron chi connectivity index (χ0n) is 15.6. The largest absolute Gasteiger partial charge is 0.228 e. The third kappa shape index (κ3) is 4.14. The minimum Gasteiger partial charge on any atom is -0.228 e. The van der Waals surface area contributed by atoms with E-state index in [4.69, 9.17) is 4.98 Å². The van der Waals surface area contributed by atoms with Gasteiger partial charge in [-0.25, -0.2) is 9.50 Å². The van der Waals surface area contributed by atoms with Crippen molar-refractivity contribution in [2.45, 2.75) is 64.2 Å². The van der Waals surface area contributed by atoms with Crippen LogP contribution in [-0.4, -0.2) is 14.6 Å². The topological polar surface area (TPSA) is 30.2 Å². The monoisotopic (exact) mass is 347 g/mol. The molecule has 1 aliphatic rings. The Bertz CT molecular complexity index is 812. The maximum atomic E-state index is 4.92. The van der Waals surface area contributed by atoms with E-state index < -0.39 is 0 Å². The molecular weight excluding hydrogens is 318 g/mol. The third-order valence-electron chi connectivity index (χ3n) is 5.81. The van der Waals surface area contributed by atoms with E-state index in [2.05, 4.69) is 35.4 Å². The van der Waals surface area contributed by atoms with Gasteiger partial charge >= 0.3 is 0 Å². The van der Waals surface area contributed by atoms with Crippen LogP contribution >= 0.6 is 0 Å². The first kappa shape index (κ1) is 17.3. The molecule has 3 nitrogen and oxygen atoms in total. The van der Waals surface area contributed by atoms with Crippen LogP contribution in [0.1, 0.15) is 63.4 Å². The molecule has 0 spiro atoms. The van der Waals surface area contributed by atoms with Crippen molar-refractivity contribution in [1.29, 1.82) is 0 Å². The number of rotatable bonds is 4. The van der Waals surface area contributed by atoms with Crippen molar-refractivity contribution < 1.29 is 0 Å². The molecule has 1 aliphatic carbocycles. The summed E-state index contributed by atoms with van der Waals surface area (Å²) in [5.74, 6) is 0.875. The van der Waals surface area contributed by atoms with Crippen molar-refractivity contribution in [1.82, 2.24) is 14.6 Å². The van der Waals surface area contributed by atoms with Crippen molar-refractivity contribution in [3.63, 3.8) is 0 Å². The van der Waals surface area contributed by atoms with Gasteiger partial charge in [-0.15, -0.1) is 0 Å². The minimum atomic E-state index is 0.875. The standard InChI is InChI=1S/C23H29N3/c1-2-4-7-11-19(10-6-3-1)14-15-21-18-24-26-17-16-22(25-23(21)26)20-12-8-5-9-13-20/h5,8-9,12-13,16-19H,1-4,6-7,10-11,14-15H2. The van der Waals surface area contributed by atoms with Crippen LogP contribution in [0.3, 0.4) is 0 Å². The smallest absolute Gasteiger partial charge is 0.158 e. The second kappa shape index (κ2) is 8.48. The normalized spacial score (nSPS) is 16.9. The molecule has 0 amide bonds. The Morgan fingerprint density at radius 1 is 0.885 bits per heavy atom. The van der Waals surface area contributed by atoms with E-state index in [-0.39, 0.29) is 0 Å². The van der Waals surface area contributed by atoms with Crippen LogP contribution in [0, 0.1) is 5.92 Å². The summed E-state index contributed by atoms with van der Waals surface area (Å²) in [6.07, 6.45) is 17.8. The molecule has 0 unspecified atom stereocenters. The summed E-state index contributed by atoms with van der Waals surface area (Å²) in [6.45, 7) is 0. The number of hydrogen-bond acceptors (Lipinski definition) is 2. The van der Waals surface area contributed by atoms with Crippen molar-refractivity contribution in [2.75, 3.05) is 0 Å². The molecule has 136 valence electrons. The number of fused-ring (bicyclic) bond motifs is 1. The lowest BCUT2D eigenvalue weighted by Crippen LogP contribution is -2.03. The van der Waals surface area contributed by atoms with E-state index in [9.17, 15) is 0 Å². The minimum absolute atomic E-state index is 0.875. The van der Waals surface area contributed by atoms with Crippen LogP contribution in [-0.2, 0) is 6.42 Å². The highest BCUT2D eigenvalue weighted by atomic mass is 15.2. The molecule has 0 saturated heterocycles. The van der Waals surface area contributed by atoms with Crippen LogP contribution in [0.4, 0.5) is 0 Å². The molecule has 3 heteroatoms. The van der Waals surface area contributed by atoms with Gasteiger partial charge in [-0.2, -0.15) is 5.10 Å². The zero-order chi connectivity index (χ0) is 17.6. The van der Waals surface area contributed by atoms with Crippen molar-refractivity contribution in [3.05, 3.63) is 54.4 Å². The lowest BCUT2D eigenvalue weighted by molar-refractivity contribution is 0.401. The molecule has 0 aliphatic heterocycles. The highest BCUT2D eigenvalue weighted by Crippen LogP contribution is 2.26. The number of aromatic nitrogens is 3. The summed E-state index contributed by atoms with van der Waals surface area (Å²) in [5, 5.41) is 4.52. The second-order valence-electron chi connectivity index (χ2n) is 7.72. The van der Waals surface area contributed by atoms with Gasteiger partial charge in [0.05, 0.1) is 11.9 Å². The summed E-state index contributed by atoms with van der Waals surface area (Å²) in [6, 6.07) is 12.5. The van der Waals surface area contributed by atoms with Gasteiger partial charge in [0, 0.05) is 17.3 Å². The number of nitrogens with zero attached hydrogens (tertiary/aromatic N) is 3. The summed E-state index contributed by atoms with van der Waals surface area (Å²) in [5.41, 5.74) is 4.51. The Balaban J connectivity index is 1.49. The highest BCUT2D eigenvalue weighted by molar-refractivity contribution is 5.62. The first-order valence-electron chi connectivity index (χ1n) is 10.3. The first-order chi connectivity index (χ1) is 12.9. The Labute approximate surface area is 156 Å². The number of benzene rings is 1. The molecule has 3 aromatic rings. The fourth-order valence-corrected chi connectivity index (χ4v) is 4.23. The van der Waals surface area contributed by atoms with Crippen molar-refractivity contribution >= 4 is 5.65 Å². The van der Waals surface area contributed by atoms with Crippen molar-refractivity contribution in [3.8, 4) is 11.3 Å². The summed E-state index contributed by atoms with van der Waals surface area (Å²) < 4.78 is 1.92. The van der Waals surface area contributed by atoms with Crippen LogP contribution in [0.5, 0.6) is 0 Å². The van der Waals surface area contributed by atoms with Crippen molar-refractivity contribution in [2.24, 2.45) is 5.92 Å². The average Bonchev–Trinajstić information content (AvgIpc) is 3.15. The molecule has 26 heavy (non-hydrogen) atoms. The van der Waals surface area contributed by atoms with E-state index in [1.165, 1.54) is 68.9 Å². The van der Waals surface area contributed by atoms with E-state index in [1.54, 1.807) is 0 Å². The van der Waals surface area contributed by atoms with Gasteiger partial charge in [-0.3, -0.25) is 0 Å². The van der Waals surface area contributed by atoms with E-state index >= 15 is 0 Å². The molecule has 0 radical (unpaired) electrons. The Morgan fingerprint density at radius 3 is 2.38 bits per heavy atom. The lowest BCUT2D eigenvalue weighted by Gasteiger charge is -2.15. The predicted octanol–water partition coefficient (Wildman–Crippen LogP) is 6.08. The Hall–Kier alpha value is -2.16. The lowest BCUT2D eigenvalue weighted by atomic mass is 9.91. The fourth-order valence-electron chi connectivity index (χ4n) is 4.23. The van der Waals surface area contributed by atoms with E-state index in [0.717, 1.165) is 23.7 Å².